The topological polar surface area (TPSA) is 133 Å². The van der Waals surface area contributed by atoms with Crippen molar-refractivity contribution in [3.8, 4) is 0 Å². The lowest BCUT2D eigenvalue weighted by Gasteiger charge is -2.06. The molecule has 0 aliphatic rings. The average molecular weight is 380 g/mol. The first kappa shape index (κ1) is 19.2. The first-order valence-corrected chi connectivity index (χ1v) is 8.34. The van der Waals surface area contributed by atoms with Crippen molar-refractivity contribution in [2.45, 2.75) is 27.3 Å². The summed E-state index contributed by atoms with van der Waals surface area (Å²) in [6.45, 7) is 4.50. The van der Waals surface area contributed by atoms with Crippen LogP contribution in [-0.4, -0.2) is 33.0 Å². The van der Waals surface area contributed by atoms with E-state index in [0.717, 1.165) is 28.2 Å². The Balaban J connectivity index is 2.17. The summed E-state index contributed by atoms with van der Waals surface area (Å²) in [5.74, 6) is -1.13. The Hall–Kier alpha value is -3.08. The molecular weight excluding hydrogens is 364 g/mol. The molecule has 0 saturated heterocycles. The van der Waals surface area contributed by atoms with E-state index in [4.69, 9.17) is 4.74 Å². The number of ether oxygens (including phenoxy) is 1. The SMILES string of the molecule is CCOC(=O)c1sc(NC(=O)Cn2cc([N+](=O)[O-])cc(C)c2=O)nc1C. The van der Waals surface area contributed by atoms with Crippen molar-refractivity contribution >= 4 is 34.0 Å². The fraction of sp³-hybridized carbons (Fsp3) is 0.333. The van der Waals surface area contributed by atoms with Crippen LogP contribution in [-0.2, 0) is 16.1 Å². The molecule has 2 rings (SSSR count). The summed E-state index contributed by atoms with van der Waals surface area (Å²) < 4.78 is 5.85. The number of amides is 1. The standard InChI is InChI=1S/C15H16N4O6S/c1-4-25-14(22)12-9(3)16-15(26-12)17-11(20)7-18-6-10(19(23)24)5-8(2)13(18)21/h5-6H,4,7H2,1-3H3,(H,16,17,20). The second-order valence-electron chi connectivity index (χ2n) is 5.27. The number of nitrogens with zero attached hydrogens (tertiary/aromatic N) is 3. The average Bonchev–Trinajstić information content (AvgIpc) is 2.91. The van der Waals surface area contributed by atoms with E-state index in [1.807, 2.05) is 0 Å². The summed E-state index contributed by atoms with van der Waals surface area (Å²) in [7, 11) is 0. The number of nitrogens with one attached hydrogen (secondary N) is 1. The van der Waals surface area contributed by atoms with Crippen LogP contribution in [0.2, 0.25) is 0 Å². The van der Waals surface area contributed by atoms with E-state index in [1.165, 1.54) is 6.92 Å². The van der Waals surface area contributed by atoms with E-state index in [0.29, 0.717) is 5.69 Å². The van der Waals surface area contributed by atoms with Gasteiger partial charge in [0.2, 0.25) is 5.91 Å². The molecule has 0 atom stereocenters. The minimum Gasteiger partial charge on any atom is -0.462 e. The summed E-state index contributed by atoms with van der Waals surface area (Å²) in [6, 6.07) is 1.15. The number of hydrogen-bond donors (Lipinski definition) is 1. The molecule has 1 N–H and O–H groups in total. The molecule has 11 heteroatoms. The third kappa shape index (κ3) is 4.30. The van der Waals surface area contributed by atoms with Crippen LogP contribution in [0.5, 0.6) is 0 Å². The minimum atomic E-state index is -0.642. The summed E-state index contributed by atoms with van der Waals surface area (Å²) >= 11 is 0.949. The van der Waals surface area contributed by atoms with Gasteiger partial charge in [-0.1, -0.05) is 11.3 Å². The van der Waals surface area contributed by atoms with Crippen molar-refractivity contribution in [3.05, 3.63) is 48.9 Å². The summed E-state index contributed by atoms with van der Waals surface area (Å²) in [5, 5.41) is 13.5. The molecule has 2 heterocycles. The highest BCUT2D eigenvalue weighted by molar-refractivity contribution is 7.17. The molecule has 0 aliphatic heterocycles. The molecule has 26 heavy (non-hydrogen) atoms. The van der Waals surface area contributed by atoms with Crippen LogP contribution in [0.25, 0.3) is 0 Å². The van der Waals surface area contributed by atoms with Gasteiger partial charge in [0.15, 0.2) is 5.13 Å². The largest absolute Gasteiger partial charge is 0.462 e. The van der Waals surface area contributed by atoms with E-state index in [1.54, 1.807) is 13.8 Å². The van der Waals surface area contributed by atoms with Crippen molar-refractivity contribution in [1.82, 2.24) is 9.55 Å². The number of hydrogen-bond acceptors (Lipinski definition) is 8. The van der Waals surface area contributed by atoms with Crippen LogP contribution in [0, 0.1) is 24.0 Å². The Bertz CT molecular complexity index is 933. The second kappa shape index (κ2) is 7.87. The van der Waals surface area contributed by atoms with Crippen LogP contribution in [0.4, 0.5) is 10.8 Å². The first-order chi connectivity index (χ1) is 12.2. The molecule has 0 spiro atoms. The number of aromatic nitrogens is 2. The predicted octanol–water partition coefficient (Wildman–Crippen LogP) is 1.65. The second-order valence-corrected chi connectivity index (χ2v) is 6.27. The molecule has 0 aliphatic carbocycles. The van der Waals surface area contributed by atoms with E-state index in [-0.39, 0.29) is 27.9 Å². The Morgan fingerprint density at radius 2 is 2.12 bits per heavy atom. The molecule has 1 amide bonds. The highest BCUT2D eigenvalue weighted by Crippen LogP contribution is 2.23. The minimum absolute atomic E-state index is 0.154. The van der Waals surface area contributed by atoms with Gasteiger partial charge in [-0.25, -0.2) is 9.78 Å². The smallest absolute Gasteiger partial charge is 0.350 e. The van der Waals surface area contributed by atoms with Crippen LogP contribution >= 0.6 is 11.3 Å². The third-order valence-electron chi connectivity index (χ3n) is 3.28. The van der Waals surface area contributed by atoms with Gasteiger partial charge in [-0.3, -0.25) is 24.3 Å². The molecule has 0 radical (unpaired) electrons. The normalized spacial score (nSPS) is 10.4. The fourth-order valence-corrected chi connectivity index (χ4v) is 3.01. The lowest BCUT2D eigenvalue weighted by atomic mass is 10.3. The summed E-state index contributed by atoms with van der Waals surface area (Å²) in [6.07, 6.45) is 1.01. The zero-order valence-electron chi connectivity index (χ0n) is 14.3. The molecule has 2 aromatic rings. The van der Waals surface area contributed by atoms with Gasteiger partial charge in [-0.15, -0.1) is 0 Å². The van der Waals surface area contributed by atoms with Gasteiger partial charge in [0.25, 0.3) is 11.2 Å². The maximum atomic E-state index is 12.2. The van der Waals surface area contributed by atoms with E-state index in [2.05, 4.69) is 10.3 Å². The molecule has 0 bridgehead atoms. The van der Waals surface area contributed by atoms with E-state index < -0.39 is 28.9 Å². The molecule has 138 valence electrons. The summed E-state index contributed by atoms with van der Waals surface area (Å²) in [4.78, 5) is 50.5. The number of thiazole rings is 1. The van der Waals surface area contributed by atoms with Crippen LogP contribution < -0.4 is 10.9 Å². The number of rotatable bonds is 6. The van der Waals surface area contributed by atoms with Crippen molar-refractivity contribution in [2.75, 3.05) is 11.9 Å². The van der Waals surface area contributed by atoms with Crippen LogP contribution in [0.15, 0.2) is 17.1 Å². The maximum Gasteiger partial charge on any atom is 0.350 e. The van der Waals surface area contributed by atoms with Crippen LogP contribution in [0.3, 0.4) is 0 Å². The number of pyridine rings is 1. The van der Waals surface area contributed by atoms with Crippen LogP contribution in [0.1, 0.15) is 27.9 Å². The lowest BCUT2D eigenvalue weighted by molar-refractivity contribution is -0.385. The van der Waals surface area contributed by atoms with Gasteiger partial charge >= 0.3 is 5.97 Å². The monoisotopic (exact) mass is 380 g/mol. The Morgan fingerprint density at radius 3 is 2.73 bits per heavy atom. The van der Waals surface area contributed by atoms with Gasteiger partial charge in [0.05, 0.1) is 23.4 Å². The highest BCUT2D eigenvalue weighted by Gasteiger charge is 2.18. The number of carbonyl (C=O) groups is 2. The Kier molecular flexibility index (Phi) is 5.82. The quantitative estimate of drug-likeness (QED) is 0.457. The number of esters is 1. The molecule has 0 unspecified atom stereocenters. The van der Waals surface area contributed by atoms with E-state index in [9.17, 15) is 24.5 Å². The van der Waals surface area contributed by atoms with Crippen molar-refractivity contribution in [3.63, 3.8) is 0 Å². The summed E-state index contributed by atoms with van der Waals surface area (Å²) in [5.41, 5.74) is -0.230. The van der Waals surface area contributed by atoms with Crippen molar-refractivity contribution < 1.29 is 19.2 Å². The van der Waals surface area contributed by atoms with E-state index >= 15 is 0 Å². The molecule has 10 nitrogen and oxygen atoms in total. The molecular formula is C15H16N4O6S. The van der Waals surface area contributed by atoms with Gasteiger partial charge in [-0.05, 0) is 20.8 Å². The van der Waals surface area contributed by atoms with Gasteiger partial charge in [0, 0.05) is 11.6 Å². The number of carbonyl (C=O) groups excluding carboxylic acids is 2. The molecule has 2 aromatic heterocycles. The van der Waals surface area contributed by atoms with Gasteiger partial charge < -0.3 is 10.1 Å². The molecule has 0 saturated carbocycles. The predicted molar refractivity (Wildman–Crippen MR) is 93.5 cm³/mol. The molecule has 0 aromatic carbocycles. The van der Waals surface area contributed by atoms with Gasteiger partial charge in [-0.2, -0.15) is 0 Å². The number of anilines is 1. The Labute approximate surface area is 151 Å². The fourth-order valence-electron chi connectivity index (χ4n) is 2.13. The highest BCUT2D eigenvalue weighted by atomic mass is 32.1. The first-order valence-electron chi connectivity index (χ1n) is 7.52. The number of nitro groups is 1. The molecule has 0 fully saturated rings. The van der Waals surface area contributed by atoms with Crippen molar-refractivity contribution in [1.29, 1.82) is 0 Å². The Morgan fingerprint density at radius 1 is 1.42 bits per heavy atom. The van der Waals surface area contributed by atoms with Crippen molar-refractivity contribution in [2.24, 2.45) is 0 Å². The lowest BCUT2D eigenvalue weighted by Crippen LogP contribution is -2.28. The maximum absolute atomic E-state index is 12.2. The number of aryl methyl sites for hydroxylation is 2. The zero-order chi connectivity index (χ0) is 19.4. The van der Waals surface area contributed by atoms with Gasteiger partial charge in [0.1, 0.15) is 11.4 Å². The zero-order valence-corrected chi connectivity index (χ0v) is 15.1. The third-order valence-corrected chi connectivity index (χ3v) is 4.33.